The first-order valence-corrected chi connectivity index (χ1v) is 5.58. The van der Waals surface area contributed by atoms with E-state index in [1.807, 2.05) is 18.2 Å². The van der Waals surface area contributed by atoms with Crippen LogP contribution in [0, 0.1) is 5.21 Å². The molecule has 1 unspecified atom stereocenters. The molecule has 1 N–H and O–H groups in total. The fourth-order valence-corrected chi connectivity index (χ4v) is 1.55. The molecule has 18 heavy (non-hydrogen) atoms. The van der Waals surface area contributed by atoms with Crippen LogP contribution in [0.2, 0.25) is 0 Å². The van der Waals surface area contributed by atoms with E-state index in [0.717, 1.165) is 0 Å². The number of para-hydroxylation sites is 1. The lowest BCUT2D eigenvalue weighted by molar-refractivity contribution is -0.698. The van der Waals surface area contributed by atoms with Crippen LogP contribution in [0.1, 0.15) is 0 Å². The fraction of sp³-hybridized carbons (Fsp3) is 0.0714. The Labute approximate surface area is 106 Å². The summed E-state index contributed by atoms with van der Waals surface area (Å²) in [5.41, 5.74) is 1.32. The molecule has 0 bridgehead atoms. The number of nitrogens with one attached hydrogen (secondary N) is 1. The van der Waals surface area contributed by atoms with Gasteiger partial charge in [0.05, 0.1) is 0 Å². The summed E-state index contributed by atoms with van der Waals surface area (Å²) in [7, 11) is 1.63. The van der Waals surface area contributed by atoms with Gasteiger partial charge in [-0.2, -0.15) is 0 Å². The molecule has 2 aromatic rings. The molecule has 0 saturated carbocycles. The Balaban J connectivity index is 2.14. The lowest BCUT2D eigenvalue weighted by Crippen LogP contribution is -2.96. The third-order valence-electron chi connectivity index (χ3n) is 2.45. The van der Waals surface area contributed by atoms with Gasteiger partial charge in [-0.1, -0.05) is 18.2 Å². The molecule has 0 radical (unpaired) electrons. The summed E-state index contributed by atoms with van der Waals surface area (Å²) in [6.07, 6.45) is 1.36. The van der Waals surface area contributed by atoms with Crippen molar-refractivity contribution in [3.8, 4) is 5.75 Å². The van der Waals surface area contributed by atoms with Crippen LogP contribution in [-0.4, -0.2) is 13.4 Å². The summed E-state index contributed by atoms with van der Waals surface area (Å²) >= 11 is 0. The third-order valence-corrected chi connectivity index (χ3v) is 2.45. The molecule has 0 amide bonds. The maximum Gasteiger partial charge on any atom is 0.176 e. The SMILES string of the molecule is CN=COc1ccc([NH+]([O-])c2ccccc2)cc1. The lowest BCUT2D eigenvalue weighted by Gasteiger charge is -2.21. The van der Waals surface area contributed by atoms with E-state index in [2.05, 4.69) is 4.99 Å². The van der Waals surface area contributed by atoms with E-state index in [1.54, 1.807) is 43.4 Å². The molecule has 4 heteroatoms. The zero-order valence-electron chi connectivity index (χ0n) is 10.0. The zero-order valence-corrected chi connectivity index (χ0v) is 10.0. The highest BCUT2D eigenvalue weighted by Gasteiger charge is 2.05. The third kappa shape index (κ3) is 2.94. The highest BCUT2D eigenvalue weighted by Crippen LogP contribution is 2.14. The minimum atomic E-state index is 0.00584. The maximum absolute atomic E-state index is 12.1. The highest BCUT2D eigenvalue weighted by atomic mass is 16.5. The molecule has 2 aromatic carbocycles. The number of benzene rings is 2. The molecule has 92 valence electrons. The van der Waals surface area contributed by atoms with E-state index in [4.69, 9.17) is 4.74 Å². The summed E-state index contributed by atoms with van der Waals surface area (Å²) in [6.45, 7) is 0. The predicted octanol–water partition coefficient (Wildman–Crippen LogP) is 2.07. The molecule has 0 aliphatic heterocycles. The monoisotopic (exact) mass is 242 g/mol. The Kier molecular flexibility index (Phi) is 4.06. The second kappa shape index (κ2) is 5.95. The number of aliphatic imine (C=N–C) groups is 1. The first kappa shape index (κ1) is 12.3. The first-order chi connectivity index (χ1) is 8.81. The average Bonchev–Trinajstić information content (AvgIpc) is 2.46. The number of hydrogen-bond donors (Lipinski definition) is 1. The lowest BCUT2D eigenvalue weighted by atomic mass is 10.2. The van der Waals surface area contributed by atoms with Gasteiger partial charge in [0.25, 0.3) is 0 Å². The largest absolute Gasteiger partial charge is 0.623 e. The molecule has 2 rings (SSSR count). The van der Waals surface area contributed by atoms with Crippen LogP contribution in [0.15, 0.2) is 59.6 Å². The summed E-state index contributed by atoms with van der Waals surface area (Å²) < 4.78 is 5.19. The van der Waals surface area contributed by atoms with Crippen molar-refractivity contribution in [1.29, 1.82) is 0 Å². The van der Waals surface area contributed by atoms with Gasteiger partial charge in [-0.15, -0.1) is 0 Å². The number of quaternary nitrogens is 1. The van der Waals surface area contributed by atoms with Crippen LogP contribution in [-0.2, 0) is 0 Å². The highest BCUT2D eigenvalue weighted by molar-refractivity contribution is 5.52. The molecular weight excluding hydrogens is 228 g/mol. The summed E-state index contributed by atoms with van der Waals surface area (Å²) in [5, 5.41) is 12.1. The van der Waals surface area contributed by atoms with Crippen molar-refractivity contribution >= 4 is 17.8 Å². The summed E-state index contributed by atoms with van der Waals surface area (Å²) in [5.74, 6) is 0.658. The fourth-order valence-electron chi connectivity index (χ4n) is 1.55. The van der Waals surface area contributed by atoms with Crippen LogP contribution in [0.4, 0.5) is 11.4 Å². The van der Waals surface area contributed by atoms with Gasteiger partial charge in [-0.3, -0.25) is 4.99 Å². The second-order valence-corrected chi connectivity index (χ2v) is 3.70. The van der Waals surface area contributed by atoms with Crippen LogP contribution in [0.25, 0.3) is 0 Å². The van der Waals surface area contributed by atoms with Crippen LogP contribution >= 0.6 is 0 Å². The minimum absolute atomic E-state index is 0.00584. The Morgan fingerprint density at radius 3 is 2.22 bits per heavy atom. The predicted molar refractivity (Wildman–Crippen MR) is 71.6 cm³/mol. The molecule has 0 aromatic heterocycles. The van der Waals surface area contributed by atoms with E-state index in [-0.39, 0.29) is 5.06 Å². The molecule has 0 aliphatic rings. The quantitative estimate of drug-likeness (QED) is 0.507. The van der Waals surface area contributed by atoms with Gasteiger partial charge in [0.1, 0.15) is 17.1 Å². The van der Waals surface area contributed by atoms with Crippen LogP contribution in [0.3, 0.4) is 0 Å². The van der Waals surface area contributed by atoms with E-state index in [0.29, 0.717) is 17.1 Å². The van der Waals surface area contributed by atoms with Crippen molar-refractivity contribution < 1.29 is 9.80 Å². The molecule has 0 saturated heterocycles. The molecule has 0 spiro atoms. The topological polar surface area (TPSA) is 49.1 Å². The first-order valence-electron chi connectivity index (χ1n) is 5.58. The number of nitrogens with zero attached hydrogens (tertiary/aromatic N) is 1. The standard InChI is InChI=1S/C14H14N2O2/c1-15-11-18-14-9-7-13(8-10-14)16(17)12-5-3-2-4-6-12/h2-11,16H,1H3. The van der Waals surface area contributed by atoms with Crippen molar-refractivity contribution in [3.63, 3.8) is 0 Å². The molecule has 4 nitrogen and oxygen atoms in total. The van der Waals surface area contributed by atoms with E-state index in [9.17, 15) is 5.21 Å². The van der Waals surface area contributed by atoms with E-state index < -0.39 is 0 Å². The Hall–Kier alpha value is -2.17. The minimum Gasteiger partial charge on any atom is -0.623 e. The van der Waals surface area contributed by atoms with Crippen molar-refractivity contribution in [1.82, 2.24) is 0 Å². The molecule has 0 aliphatic carbocycles. The number of rotatable bonds is 4. The van der Waals surface area contributed by atoms with Gasteiger partial charge in [0, 0.05) is 19.2 Å². The van der Waals surface area contributed by atoms with Gasteiger partial charge < -0.3 is 15.0 Å². The van der Waals surface area contributed by atoms with Crippen molar-refractivity contribution in [2.24, 2.45) is 4.99 Å². The summed E-state index contributed by atoms with van der Waals surface area (Å²) in [6, 6.07) is 16.2. The average molecular weight is 242 g/mol. The van der Waals surface area contributed by atoms with Gasteiger partial charge >= 0.3 is 0 Å². The van der Waals surface area contributed by atoms with Crippen LogP contribution < -0.4 is 9.80 Å². The van der Waals surface area contributed by atoms with Crippen molar-refractivity contribution in [3.05, 3.63) is 59.8 Å². The molecule has 1 atom stereocenters. The smallest absolute Gasteiger partial charge is 0.176 e. The van der Waals surface area contributed by atoms with E-state index in [1.165, 1.54) is 6.40 Å². The molecule has 0 fully saturated rings. The van der Waals surface area contributed by atoms with Gasteiger partial charge in [0.15, 0.2) is 6.40 Å². The van der Waals surface area contributed by atoms with Gasteiger partial charge in [0.2, 0.25) is 0 Å². The zero-order chi connectivity index (χ0) is 12.8. The molecular formula is C14H14N2O2. The summed E-state index contributed by atoms with van der Waals surface area (Å²) in [4.78, 5) is 3.72. The second-order valence-electron chi connectivity index (χ2n) is 3.70. The maximum atomic E-state index is 12.1. The Morgan fingerprint density at radius 2 is 1.61 bits per heavy atom. The normalized spacial score (nSPS) is 12.6. The Bertz CT molecular complexity index is 509. The number of hydrogen-bond acceptors (Lipinski definition) is 3. The van der Waals surface area contributed by atoms with Crippen molar-refractivity contribution in [2.45, 2.75) is 0 Å². The van der Waals surface area contributed by atoms with Gasteiger partial charge in [-0.05, 0) is 24.3 Å². The van der Waals surface area contributed by atoms with Crippen LogP contribution in [0.5, 0.6) is 5.75 Å². The van der Waals surface area contributed by atoms with Crippen molar-refractivity contribution in [2.75, 3.05) is 7.05 Å². The van der Waals surface area contributed by atoms with E-state index >= 15 is 0 Å². The molecule has 0 heterocycles. The Morgan fingerprint density at radius 1 is 1.00 bits per heavy atom. The number of ether oxygens (including phenoxy) is 1. The van der Waals surface area contributed by atoms with Gasteiger partial charge in [-0.25, -0.2) is 0 Å².